The Morgan fingerprint density at radius 1 is 1.44 bits per heavy atom. The fraction of sp³-hybridized carbons (Fsp3) is 0.222. The molecule has 1 aromatic rings. The Kier molecular flexibility index (Phi) is 3.61. The second-order valence-electron chi connectivity index (χ2n) is 3.18. The first-order valence-corrected chi connectivity index (χ1v) is 5.78. The largest absolute Gasteiger partial charge is 0.480 e. The molecule has 0 saturated heterocycles. The van der Waals surface area contributed by atoms with Crippen LogP contribution in [0.1, 0.15) is 5.56 Å². The van der Waals surface area contributed by atoms with Gasteiger partial charge in [0, 0.05) is 0 Å². The summed E-state index contributed by atoms with van der Waals surface area (Å²) >= 11 is 0. The van der Waals surface area contributed by atoms with Crippen molar-refractivity contribution in [3.63, 3.8) is 0 Å². The number of nitrogens with one attached hydrogen (secondary N) is 1. The molecule has 0 aliphatic carbocycles. The highest BCUT2D eigenvalue weighted by atomic mass is 32.2. The molecule has 0 atom stereocenters. The van der Waals surface area contributed by atoms with Gasteiger partial charge in [0.1, 0.15) is 12.4 Å². The van der Waals surface area contributed by atoms with E-state index < -0.39 is 28.4 Å². The van der Waals surface area contributed by atoms with Gasteiger partial charge in [-0.05, 0) is 30.7 Å². The maximum absolute atomic E-state index is 12.9. The van der Waals surface area contributed by atoms with E-state index in [9.17, 15) is 17.6 Å². The summed E-state index contributed by atoms with van der Waals surface area (Å²) in [7, 11) is -3.97. The van der Waals surface area contributed by atoms with Gasteiger partial charge in [0.25, 0.3) is 0 Å². The van der Waals surface area contributed by atoms with E-state index in [1.54, 1.807) is 6.92 Å². The third kappa shape index (κ3) is 3.28. The molecule has 0 fully saturated rings. The topological polar surface area (TPSA) is 83.5 Å². The quantitative estimate of drug-likeness (QED) is 0.811. The van der Waals surface area contributed by atoms with Crippen LogP contribution in [0.15, 0.2) is 23.1 Å². The summed E-state index contributed by atoms with van der Waals surface area (Å²) in [5.74, 6) is -1.99. The summed E-state index contributed by atoms with van der Waals surface area (Å²) in [5.41, 5.74) is 0.440. The van der Waals surface area contributed by atoms with Crippen LogP contribution in [-0.4, -0.2) is 26.0 Å². The number of carboxylic acids is 1. The molecule has 0 heterocycles. The van der Waals surface area contributed by atoms with Crippen molar-refractivity contribution >= 4 is 16.0 Å². The van der Waals surface area contributed by atoms with Crippen molar-refractivity contribution in [2.75, 3.05) is 6.54 Å². The number of aryl methyl sites for hydroxylation is 1. The van der Waals surface area contributed by atoms with Gasteiger partial charge in [0.05, 0.1) is 4.90 Å². The van der Waals surface area contributed by atoms with Crippen LogP contribution < -0.4 is 4.72 Å². The van der Waals surface area contributed by atoms with Gasteiger partial charge in [0.15, 0.2) is 0 Å². The third-order valence-corrected chi connectivity index (χ3v) is 3.12. The van der Waals surface area contributed by atoms with Gasteiger partial charge in [0.2, 0.25) is 10.0 Å². The highest BCUT2D eigenvalue weighted by Gasteiger charge is 2.16. The number of sulfonamides is 1. The normalized spacial score (nSPS) is 11.4. The van der Waals surface area contributed by atoms with E-state index in [1.807, 2.05) is 4.72 Å². The zero-order chi connectivity index (χ0) is 12.3. The molecule has 2 N–H and O–H groups in total. The van der Waals surface area contributed by atoms with Gasteiger partial charge in [-0.1, -0.05) is 0 Å². The maximum atomic E-state index is 12.9. The fourth-order valence-corrected chi connectivity index (χ4v) is 2.19. The second kappa shape index (κ2) is 4.58. The Morgan fingerprint density at radius 3 is 2.56 bits per heavy atom. The van der Waals surface area contributed by atoms with Crippen LogP contribution in [0.4, 0.5) is 4.39 Å². The highest BCUT2D eigenvalue weighted by Crippen LogP contribution is 2.13. The Hall–Kier alpha value is -1.47. The molecular weight excluding hydrogens is 237 g/mol. The van der Waals surface area contributed by atoms with E-state index in [4.69, 9.17) is 5.11 Å². The summed E-state index contributed by atoms with van der Waals surface area (Å²) in [4.78, 5) is 9.92. The molecule has 0 bridgehead atoms. The van der Waals surface area contributed by atoms with Crippen LogP contribution in [0.2, 0.25) is 0 Å². The van der Waals surface area contributed by atoms with E-state index in [0.29, 0.717) is 5.56 Å². The molecule has 88 valence electrons. The highest BCUT2D eigenvalue weighted by molar-refractivity contribution is 7.89. The zero-order valence-electron chi connectivity index (χ0n) is 8.40. The minimum Gasteiger partial charge on any atom is -0.480 e. The Labute approximate surface area is 92.0 Å². The van der Waals surface area contributed by atoms with Crippen LogP contribution >= 0.6 is 0 Å². The SMILES string of the molecule is Cc1cc(F)cc(S(=O)(=O)NCC(=O)O)c1. The molecule has 5 nitrogen and oxygen atoms in total. The molecule has 16 heavy (non-hydrogen) atoms. The van der Waals surface area contributed by atoms with Gasteiger partial charge >= 0.3 is 5.97 Å². The summed E-state index contributed by atoms with van der Waals surface area (Å²) in [6.07, 6.45) is 0. The lowest BCUT2D eigenvalue weighted by Gasteiger charge is -2.05. The van der Waals surface area contributed by atoms with Crippen molar-refractivity contribution in [3.8, 4) is 0 Å². The third-order valence-electron chi connectivity index (χ3n) is 1.74. The average Bonchev–Trinajstić information content (AvgIpc) is 2.13. The summed E-state index contributed by atoms with van der Waals surface area (Å²) in [5, 5.41) is 8.33. The van der Waals surface area contributed by atoms with Crippen molar-refractivity contribution < 1.29 is 22.7 Å². The molecule has 1 aromatic carbocycles. The smallest absolute Gasteiger partial charge is 0.318 e. The predicted octanol–water partition coefficient (Wildman–Crippen LogP) is 0.497. The molecule has 0 aliphatic rings. The lowest BCUT2D eigenvalue weighted by molar-refractivity contribution is -0.135. The Bertz CT molecular complexity index is 492. The van der Waals surface area contributed by atoms with Crippen molar-refractivity contribution in [3.05, 3.63) is 29.6 Å². The Morgan fingerprint density at radius 2 is 2.06 bits per heavy atom. The predicted molar refractivity (Wildman–Crippen MR) is 54.0 cm³/mol. The molecular formula is C9H10FNO4S. The molecule has 1 rings (SSSR count). The van der Waals surface area contributed by atoms with Crippen LogP contribution in [0, 0.1) is 12.7 Å². The van der Waals surface area contributed by atoms with Gasteiger partial charge < -0.3 is 5.11 Å². The lowest BCUT2D eigenvalue weighted by Crippen LogP contribution is -2.29. The number of carboxylic acid groups (broad SMARTS) is 1. The van der Waals surface area contributed by atoms with Gasteiger partial charge in [-0.15, -0.1) is 0 Å². The van der Waals surface area contributed by atoms with Crippen LogP contribution in [0.25, 0.3) is 0 Å². The van der Waals surface area contributed by atoms with Crippen molar-refractivity contribution in [2.45, 2.75) is 11.8 Å². The number of carbonyl (C=O) groups is 1. The molecule has 0 amide bonds. The van der Waals surface area contributed by atoms with Crippen molar-refractivity contribution in [1.29, 1.82) is 0 Å². The first-order chi connectivity index (χ1) is 7.31. The van der Waals surface area contributed by atoms with Gasteiger partial charge in [-0.2, -0.15) is 4.72 Å². The van der Waals surface area contributed by atoms with E-state index in [-0.39, 0.29) is 4.90 Å². The minimum absolute atomic E-state index is 0.286. The van der Waals surface area contributed by atoms with Crippen molar-refractivity contribution in [1.82, 2.24) is 4.72 Å². The summed E-state index contributed by atoms with van der Waals surface area (Å²) < 4.78 is 37.8. The summed E-state index contributed by atoms with van der Waals surface area (Å²) in [6.45, 7) is 0.803. The monoisotopic (exact) mass is 247 g/mol. The van der Waals surface area contributed by atoms with Crippen LogP contribution in [-0.2, 0) is 14.8 Å². The first kappa shape index (κ1) is 12.6. The number of halogens is 1. The molecule has 0 spiro atoms. The summed E-state index contributed by atoms with van der Waals surface area (Å²) in [6, 6.07) is 3.26. The fourth-order valence-electron chi connectivity index (χ4n) is 1.10. The van der Waals surface area contributed by atoms with E-state index in [0.717, 1.165) is 6.07 Å². The van der Waals surface area contributed by atoms with E-state index in [2.05, 4.69) is 0 Å². The molecule has 0 saturated carbocycles. The van der Waals surface area contributed by atoms with E-state index in [1.165, 1.54) is 12.1 Å². The molecule has 0 aromatic heterocycles. The van der Waals surface area contributed by atoms with Crippen LogP contribution in [0.5, 0.6) is 0 Å². The van der Waals surface area contributed by atoms with E-state index >= 15 is 0 Å². The first-order valence-electron chi connectivity index (χ1n) is 4.30. The molecule has 7 heteroatoms. The number of hydrogen-bond donors (Lipinski definition) is 2. The Balaban J connectivity index is 3.02. The average molecular weight is 247 g/mol. The second-order valence-corrected chi connectivity index (χ2v) is 4.95. The maximum Gasteiger partial charge on any atom is 0.318 e. The van der Waals surface area contributed by atoms with Gasteiger partial charge in [-0.3, -0.25) is 4.79 Å². The lowest BCUT2D eigenvalue weighted by atomic mass is 10.2. The molecule has 0 aliphatic heterocycles. The number of benzene rings is 1. The number of rotatable bonds is 4. The van der Waals surface area contributed by atoms with Crippen LogP contribution in [0.3, 0.4) is 0 Å². The minimum atomic E-state index is -3.97. The molecule has 0 unspecified atom stereocenters. The molecule has 0 radical (unpaired) electrons. The number of hydrogen-bond acceptors (Lipinski definition) is 3. The van der Waals surface area contributed by atoms with Gasteiger partial charge in [-0.25, -0.2) is 12.8 Å². The zero-order valence-corrected chi connectivity index (χ0v) is 9.21. The standard InChI is InChI=1S/C9H10FNO4S/c1-6-2-7(10)4-8(3-6)16(14,15)11-5-9(12)13/h2-4,11H,5H2,1H3,(H,12,13). The number of aliphatic carboxylic acids is 1. The van der Waals surface area contributed by atoms with Crippen molar-refractivity contribution in [2.24, 2.45) is 0 Å².